The van der Waals surface area contributed by atoms with E-state index in [1.165, 1.54) is 0 Å². The number of hydrogen-bond acceptors (Lipinski definition) is 3. The number of aromatic nitrogens is 2. The first kappa shape index (κ1) is 22.7. The van der Waals surface area contributed by atoms with Crippen LogP contribution in [0.2, 0.25) is 0 Å². The third-order valence-electron chi connectivity index (χ3n) is 5.22. The molecule has 9 heteroatoms. The number of amides is 1. The van der Waals surface area contributed by atoms with E-state index in [9.17, 15) is 28.3 Å². The average molecular weight is 463 g/mol. The van der Waals surface area contributed by atoms with Crippen molar-refractivity contribution in [3.8, 4) is 16.8 Å². The Kier molecular flexibility index (Phi) is 6.35. The topological polar surface area (TPSA) is 104 Å². The highest BCUT2D eigenvalue weighted by Crippen LogP contribution is 2.24. The van der Waals surface area contributed by atoms with Gasteiger partial charge in [0, 0.05) is 12.1 Å². The summed E-state index contributed by atoms with van der Waals surface area (Å²) < 4.78 is 28.0. The van der Waals surface area contributed by atoms with Crippen molar-refractivity contribution >= 4 is 11.9 Å². The van der Waals surface area contributed by atoms with E-state index < -0.39 is 41.5 Å². The van der Waals surface area contributed by atoms with E-state index >= 15 is 0 Å². The van der Waals surface area contributed by atoms with Crippen LogP contribution in [0, 0.1) is 11.6 Å². The maximum Gasteiger partial charge on any atom is 0.305 e. The number of carbonyl (C=O) groups excluding carboxylic acids is 1. The molecule has 0 aliphatic carbocycles. The van der Waals surface area contributed by atoms with E-state index in [4.69, 9.17) is 0 Å². The minimum atomic E-state index is -1.13. The van der Waals surface area contributed by atoms with E-state index in [0.29, 0.717) is 11.6 Å². The standard InChI is InChI=1S/C25H19F2N3O4/c26-18-10-11-22(19(27)12-18)30-23(31)13-21(29-30)25(34)28-20(14-24(32)33)17-8-6-16(7-9-17)15-4-2-1-3-5-15/h1-13,20,29H,14H2,(H,28,34)(H,32,33). The lowest BCUT2D eigenvalue weighted by atomic mass is 9.99. The van der Waals surface area contributed by atoms with Crippen molar-refractivity contribution in [2.24, 2.45) is 0 Å². The van der Waals surface area contributed by atoms with Crippen LogP contribution in [0.5, 0.6) is 0 Å². The normalized spacial score (nSPS) is 11.7. The van der Waals surface area contributed by atoms with Gasteiger partial charge in [-0.15, -0.1) is 0 Å². The maximum absolute atomic E-state index is 14.1. The first-order valence-corrected chi connectivity index (χ1v) is 10.3. The van der Waals surface area contributed by atoms with Gasteiger partial charge in [0.2, 0.25) is 0 Å². The molecule has 3 N–H and O–H groups in total. The third-order valence-corrected chi connectivity index (χ3v) is 5.22. The van der Waals surface area contributed by atoms with Crippen LogP contribution in [0.25, 0.3) is 16.8 Å². The Bertz CT molecular complexity index is 1400. The predicted molar refractivity (Wildman–Crippen MR) is 121 cm³/mol. The number of carboxylic acids is 1. The van der Waals surface area contributed by atoms with Gasteiger partial charge in [0.1, 0.15) is 17.2 Å². The maximum atomic E-state index is 14.1. The molecule has 0 fully saturated rings. The third kappa shape index (κ3) is 4.93. The van der Waals surface area contributed by atoms with Crippen molar-refractivity contribution < 1.29 is 23.5 Å². The lowest BCUT2D eigenvalue weighted by Crippen LogP contribution is -2.30. The van der Waals surface area contributed by atoms with Crippen molar-refractivity contribution in [3.63, 3.8) is 0 Å². The summed E-state index contributed by atoms with van der Waals surface area (Å²) >= 11 is 0. The average Bonchev–Trinajstić information content (AvgIpc) is 3.20. The molecule has 7 nitrogen and oxygen atoms in total. The largest absolute Gasteiger partial charge is 0.481 e. The second kappa shape index (κ2) is 9.53. The number of H-pyrrole nitrogens is 1. The van der Waals surface area contributed by atoms with Crippen molar-refractivity contribution in [2.45, 2.75) is 12.5 Å². The SMILES string of the molecule is O=C(O)CC(NC(=O)c1cc(=O)n(-c2ccc(F)cc2F)[nH]1)c1ccc(-c2ccccc2)cc1. The monoisotopic (exact) mass is 463 g/mol. The van der Waals surface area contributed by atoms with Gasteiger partial charge >= 0.3 is 5.97 Å². The summed E-state index contributed by atoms with van der Waals surface area (Å²) in [7, 11) is 0. The molecule has 4 rings (SSSR count). The van der Waals surface area contributed by atoms with Crippen molar-refractivity contribution in [2.75, 3.05) is 0 Å². The van der Waals surface area contributed by atoms with E-state index in [2.05, 4.69) is 10.4 Å². The van der Waals surface area contributed by atoms with E-state index in [1.807, 2.05) is 42.5 Å². The molecule has 1 aromatic heterocycles. The lowest BCUT2D eigenvalue weighted by molar-refractivity contribution is -0.137. The van der Waals surface area contributed by atoms with E-state index in [0.717, 1.165) is 34.0 Å². The molecule has 0 aliphatic rings. The molecular formula is C25H19F2N3O4. The molecule has 4 aromatic rings. The molecule has 1 heterocycles. The second-order valence-electron chi connectivity index (χ2n) is 7.55. The zero-order valence-electron chi connectivity index (χ0n) is 17.7. The van der Waals surface area contributed by atoms with Crippen LogP contribution < -0.4 is 10.9 Å². The molecule has 0 spiro atoms. The number of benzene rings is 3. The molecule has 1 unspecified atom stereocenters. The molecule has 0 saturated carbocycles. The molecular weight excluding hydrogens is 444 g/mol. The number of nitrogens with one attached hydrogen (secondary N) is 2. The number of aliphatic carboxylic acids is 1. The Morgan fingerprint density at radius 1 is 0.941 bits per heavy atom. The Balaban J connectivity index is 1.58. The van der Waals surface area contributed by atoms with Gasteiger partial charge in [0.25, 0.3) is 11.5 Å². The van der Waals surface area contributed by atoms with Gasteiger partial charge in [-0.25, -0.2) is 13.5 Å². The summed E-state index contributed by atoms with van der Waals surface area (Å²) in [5.74, 6) is -3.68. The quantitative estimate of drug-likeness (QED) is 0.385. The molecule has 0 aliphatic heterocycles. The highest BCUT2D eigenvalue weighted by atomic mass is 19.1. The van der Waals surface area contributed by atoms with Crippen molar-refractivity contribution in [3.05, 3.63) is 112 Å². The Labute approximate surface area is 192 Å². The summed E-state index contributed by atoms with van der Waals surface area (Å²) in [6, 6.07) is 19.4. The van der Waals surface area contributed by atoms with Gasteiger partial charge < -0.3 is 10.4 Å². The van der Waals surface area contributed by atoms with Gasteiger partial charge in [0.05, 0.1) is 12.5 Å². The van der Waals surface area contributed by atoms with Crippen LogP contribution in [-0.4, -0.2) is 26.8 Å². The molecule has 0 saturated heterocycles. The van der Waals surface area contributed by atoms with Crippen LogP contribution in [0.4, 0.5) is 8.78 Å². The molecule has 34 heavy (non-hydrogen) atoms. The van der Waals surface area contributed by atoms with E-state index in [1.54, 1.807) is 12.1 Å². The first-order chi connectivity index (χ1) is 16.3. The van der Waals surface area contributed by atoms with Crippen LogP contribution in [0.3, 0.4) is 0 Å². The molecule has 0 radical (unpaired) electrons. The Morgan fingerprint density at radius 3 is 2.26 bits per heavy atom. The molecule has 172 valence electrons. The first-order valence-electron chi connectivity index (χ1n) is 10.3. The number of halogens is 2. The summed E-state index contributed by atoms with van der Waals surface area (Å²) in [5.41, 5.74) is 1.26. The Hall–Kier alpha value is -4.53. The van der Waals surface area contributed by atoms with E-state index in [-0.39, 0.29) is 11.4 Å². The number of nitrogens with zero attached hydrogens (tertiary/aromatic N) is 1. The van der Waals surface area contributed by atoms with Gasteiger partial charge in [0.15, 0.2) is 5.82 Å². The number of rotatable bonds is 7. The highest BCUT2D eigenvalue weighted by molar-refractivity contribution is 5.92. The predicted octanol–water partition coefficient (Wildman–Crippen LogP) is 4.06. The highest BCUT2D eigenvalue weighted by Gasteiger charge is 2.21. The summed E-state index contributed by atoms with van der Waals surface area (Å²) in [4.78, 5) is 36.5. The lowest BCUT2D eigenvalue weighted by Gasteiger charge is -2.17. The fourth-order valence-corrected chi connectivity index (χ4v) is 3.56. The summed E-state index contributed by atoms with van der Waals surface area (Å²) in [6.45, 7) is 0. The van der Waals surface area contributed by atoms with Gasteiger partial charge in [-0.2, -0.15) is 0 Å². The van der Waals surface area contributed by atoms with Crippen LogP contribution in [0.1, 0.15) is 28.5 Å². The number of carboxylic acid groups (broad SMARTS) is 1. The second-order valence-corrected chi connectivity index (χ2v) is 7.55. The van der Waals surface area contributed by atoms with Gasteiger partial charge in [-0.1, -0.05) is 54.6 Å². The smallest absolute Gasteiger partial charge is 0.305 e. The fourth-order valence-electron chi connectivity index (χ4n) is 3.56. The summed E-state index contributed by atoms with van der Waals surface area (Å²) in [5, 5.41) is 14.4. The molecule has 3 aromatic carbocycles. The van der Waals surface area contributed by atoms with Crippen molar-refractivity contribution in [1.82, 2.24) is 15.1 Å². The van der Waals surface area contributed by atoms with Crippen molar-refractivity contribution in [1.29, 1.82) is 0 Å². The number of carbonyl (C=O) groups is 2. The number of aromatic amines is 1. The van der Waals surface area contributed by atoms with Gasteiger partial charge in [-0.05, 0) is 28.8 Å². The summed E-state index contributed by atoms with van der Waals surface area (Å²) in [6.07, 6.45) is -0.395. The van der Waals surface area contributed by atoms with Crippen LogP contribution >= 0.6 is 0 Å². The molecule has 1 amide bonds. The zero-order valence-corrected chi connectivity index (χ0v) is 17.7. The minimum absolute atomic E-state index is 0.204. The molecule has 0 bridgehead atoms. The van der Waals surface area contributed by atoms with Crippen LogP contribution in [0.15, 0.2) is 83.7 Å². The minimum Gasteiger partial charge on any atom is -0.481 e. The zero-order chi connectivity index (χ0) is 24.2. The number of hydrogen-bond donors (Lipinski definition) is 3. The Morgan fingerprint density at radius 2 is 1.62 bits per heavy atom. The fraction of sp³-hybridized carbons (Fsp3) is 0.0800. The van der Waals surface area contributed by atoms with Gasteiger partial charge in [-0.3, -0.25) is 19.5 Å². The van der Waals surface area contributed by atoms with Crippen LogP contribution in [-0.2, 0) is 4.79 Å². The molecule has 1 atom stereocenters.